The zero-order valence-electron chi connectivity index (χ0n) is 11.6. The normalized spacial score (nSPS) is 14.0. The molecule has 110 valence electrons. The molecule has 0 saturated carbocycles. The van der Waals surface area contributed by atoms with Crippen molar-refractivity contribution in [2.75, 3.05) is 18.7 Å². The molecule has 2 aromatic rings. The molecule has 1 heterocycles. The molecule has 4 nitrogen and oxygen atoms in total. The molecule has 0 amide bonds. The number of hydrogen-bond donors (Lipinski definition) is 2. The number of nitrogens with one attached hydrogen (secondary N) is 1. The maximum Gasteiger partial charge on any atom is 0.231 e. The van der Waals surface area contributed by atoms with Gasteiger partial charge in [0.2, 0.25) is 6.79 Å². The van der Waals surface area contributed by atoms with Gasteiger partial charge in [-0.25, -0.2) is 0 Å². The topological polar surface area (TPSA) is 50.7 Å². The summed E-state index contributed by atoms with van der Waals surface area (Å²) in [6.45, 7) is 2.57. The molecule has 0 fully saturated rings. The number of benzene rings is 2. The maximum atomic E-state index is 10.3. The first-order valence-corrected chi connectivity index (χ1v) is 7.09. The summed E-state index contributed by atoms with van der Waals surface area (Å²) in [6, 6.07) is 11.1. The van der Waals surface area contributed by atoms with Crippen LogP contribution in [0.1, 0.15) is 17.2 Å². The summed E-state index contributed by atoms with van der Waals surface area (Å²) in [5, 5.41) is 14.1. The van der Waals surface area contributed by atoms with Crippen LogP contribution in [0.4, 0.5) is 5.69 Å². The molecule has 0 saturated heterocycles. The molecule has 0 aromatic heterocycles. The van der Waals surface area contributed by atoms with E-state index in [-0.39, 0.29) is 6.79 Å². The highest BCUT2D eigenvalue weighted by Crippen LogP contribution is 2.34. The molecule has 3 rings (SSSR count). The van der Waals surface area contributed by atoms with Crippen molar-refractivity contribution in [3.05, 3.63) is 52.5 Å². The van der Waals surface area contributed by atoms with Crippen LogP contribution in [-0.2, 0) is 0 Å². The van der Waals surface area contributed by atoms with Gasteiger partial charge in [0.1, 0.15) is 0 Å². The molecule has 1 atom stereocenters. The quantitative estimate of drug-likeness (QED) is 0.907. The van der Waals surface area contributed by atoms with E-state index in [4.69, 9.17) is 21.1 Å². The highest BCUT2D eigenvalue weighted by Gasteiger charge is 2.17. The SMILES string of the molecule is Cc1cccc(Cl)c1NCC(O)c1ccc2c(c1)OCO2. The average Bonchev–Trinajstić information content (AvgIpc) is 2.93. The Labute approximate surface area is 128 Å². The molecule has 0 spiro atoms. The van der Waals surface area contributed by atoms with E-state index < -0.39 is 6.10 Å². The smallest absolute Gasteiger partial charge is 0.231 e. The minimum absolute atomic E-state index is 0.228. The second kappa shape index (κ2) is 5.84. The van der Waals surface area contributed by atoms with E-state index in [1.807, 2.05) is 37.3 Å². The first-order chi connectivity index (χ1) is 10.1. The Morgan fingerprint density at radius 1 is 1.24 bits per heavy atom. The standard InChI is InChI=1S/C16H16ClNO3/c1-10-3-2-4-12(17)16(10)18-8-13(19)11-5-6-14-15(7-11)21-9-20-14/h2-7,13,18-19H,8-9H2,1H3. The lowest BCUT2D eigenvalue weighted by molar-refractivity contribution is 0.173. The number of fused-ring (bicyclic) bond motifs is 1. The lowest BCUT2D eigenvalue weighted by Gasteiger charge is -2.16. The molecule has 0 bridgehead atoms. The van der Waals surface area contributed by atoms with E-state index in [9.17, 15) is 5.11 Å². The minimum atomic E-state index is -0.657. The highest BCUT2D eigenvalue weighted by atomic mass is 35.5. The van der Waals surface area contributed by atoms with E-state index in [2.05, 4.69) is 5.32 Å². The van der Waals surface area contributed by atoms with Crippen molar-refractivity contribution in [2.45, 2.75) is 13.0 Å². The number of rotatable bonds is 4. The molecular formula is C16H16ClNO3. The molecular weight excluding hydrogens is 290 g/mol. The predicted octanol–water partition coefficient (Wildman–Crippen LogP) is 3.52. The molecule has 1 aliphatic rings. The van der Waals surface area contributed by atoms with E-state index >= 15 is 0 Å². The van der Waals surface area contributed by atoms with Gasteiger partial charge in [-0.1, -0.05) is 29.8 Å². The third-order valence-electron chi connectivity index (χ3n) is 3.48. The third kappa shape index (κ3) is 2.91. The van der Waals surface area contributed by atoms with Crippen LogP contribution in [-0.4, -0.2) is 18.4 Å². The van der Waals surface area contributed by atoms with Crippen molar-refractivity contribution in [3.8, 4) is 11.5 Å². The third-order valence-corrected chi connectivity index (χ3v) is 3.79. The van der Waals surface area contributed by atoms with Gasteiger partial charge in [-0.2, -0.15) is 0 Å². The molecule has 2 aromatic carbocycles. The lowest BCUT2D eigenvalue weighted by Crippen LogP contribution is -2.13. The number of aliphatic hydroxyl groups excluding tert-OH is 1. The Kier molecular flexibility index (Phi) is 3.90. The van der Waals surface area contributed by atoms with Crippen molar-refractivity contribution in [3.63, 3.8) is 0 Å². The van der Waals surface area contributed by atoms with Gasteiger partial charge in [-0.05, 0) is 36.2 Å². The summed E-state index contributed by atoms with van der Waals surface area (Å²) in [5.41, 5.74) is 2.66. The number of aryl methyl sites for hydroxylation is 1. The Balaban J connectivity index is 1.70. The van der Waals surface area contributed by atoms with Crippen LogP contribution in [0, 0.1) is 6.92 Å². The Morgan fingerprint density at radius 2 is 2.05 bits per heavy atom. The summed E-state index contributed by atoms with van der Waals surface area (Å²) >= 11 is 6.16. The molecule has 21 heavy (non-hydrogen) atoms. The van der Waals surface area contributed by atoms with Gasteiger partial charge < -0.3 is 19.9 Å². The van der Waals surface area contributed by atoms with Crippen LogP contribution in [0.2, 0.25) is 5.02 Å². The number of aliphatic hydroxyl groups is 1. The number of halogens is 1. The van der Waals surface area contributed by atoms with Crippen LogP contribution in [0.25, 0.3) is 0 Å². The van der Waals surface area contributed by atoms with Crippen LogP contribution in [0.3, 0.4) is 0 Å². The van der Waals surface area contributed by atoms with Gasteiger partial charge in [0.25, 0.3) is 0 Å². The van der Waals surface area contributed by atoms with Gasteiger partial charge in [0, 0.05) is 6.54 Å². The first kappa shape index (κ1) is 14.0. The van der Waals surface area contributed by atoms with Gasteiger partial charge in [0.05, 0.1) is 16.8 Å². The Hall–Kier alpha value is -1.91. The molecule has 1 unspecified atom stereocenters. The summed E-state index contributed by atoms with van der Waals surface area (Å²) in [6.07, 6.45) is -0.657. The Morgan fingerprint density at radius 3 is 2.86 bits per heavy atom. The fraction of sp³-hybridized carbons (Fsp3) is 0.250. The van der Waals surface area contributed by atoms with Crippen molar-refractivity contribution in [2.24, 2.45) is 0 Å². The van der Waals surface area contributed by atoms with Gasteiger partial charge in [-0.3, -0.25) is 0 Å². The van der Waals surface area contributed by atoms with Gasteiger partial charge >= 0.3 is 0 Å². The van der Waals surface area contributed by atoms with Crippen LogP contribution in [0.15, 0.2) is 36.4 Å². The predicted molar refractivity (Wildman–Crippen MR) is 82.2 cm³/mol. The number of anilines is 1. The fourth-order valence-corrected chi connectivity index (χ4v) is 2.58. The second-order valence-electron chi connectivity index (χ2n) is 4.94. The maximum absolute atomic E-state index is 10.3. The second-order valence-corrected chi connectivity index (χ2v) is 5.35. The average molecular weight is 306 g/mol. The molecule has 0 aliphatic carbocycles. The lowest BCUT2D eigenvalue weighted by atomic mass is 10.1. The highest BCUT2D eigenvalue weighted by molar-refractivity contribution is 6.33. The summed E-state index contributed by atoms with van der Waals surface area (Å²) in [5.74, 6) is 1.38. The van der Waals surface area contributed by atoms with Crippen LogP contribution in [0.5, 0.6) is 11.5 Å². The number of para-hydroxylation sites is 1. The minimum Gasteiger partial charge on any atom is -0.454 e. The van der Waals surface area contributed by atoms with Crippen molar-refractivity contribution in [1.82, 2.24) is 0 Å². The summed E-state index contributed by atoms with van der Waals surface area (Å²) < 4.78 is 10.6. The zero-order chi connectivity index (χ0) is 14.8. The first-order valence-electron chi connectivity index (χ1n) is 6.72. The summed E-state index contributed by atoms with van der Waals surface area (Å²) in [7, 11) is 0. The Bertz CT molecular complexity index is 640. The van der Waals surface area contributed by atoms with Crippen molar-refractivity contribution >= 4 is 17.3 Å². The van der Waals surface area contributed by atoms with E-state index in [0.29, 0.717) is 23.1 Å². The fourth-order valence-electron chi connectivity index (χ4n) is 2.29. The van der Waals surface area contributed by atoms with Gasteiger partial charge in [0.15, 0.2) is 11.5 Å². The molecule has 5 heteroatoms. The van der Waals surface area contributed by atoms with Gasteiger partial charge in [-0.15, -0.1) is 0 Å². The monoisotopic (exact) mass is 305 g/mol. The van der Waals surface area contributed by atoms with Crippen molar-refractivity contribution < 1.29 is 14.6 Å². The van der Waals surface area contributed by atoms with E-state index in [1.165, 1.54) is 0 Å². The molecule has 1 aliphatic heterocycles. The largest absolute Gasteiger partial charge is 0.454 e. The van der Waals surface area contributed by atoms with Crippen LogP contribution < -0.4 is 14.8 Å². The number of hydrogen-bond acceptors (Lipinski definition) is 4. The van der Waals surface area contributed by atoms with Crippen LogP contribution >= 0.6 is 11.6 Å². The summed E-state index contributed by atoms with van der Waals surface area (Å²) in [4.78, 5) is 0. The number of ether oxygens (including phenoxy) is 2. The van der Waals surface area contributed by atoms with Crippen molar-refractivity contribution in [1.29, 1.82) is 0 Å². The van der Waals surface area contributed by atoms with E-state index in [0.717, 1.165) is 16.8 Å². The molecule has 0 radical (unpaired) electrons. The zero-order valence-corrected chi connectivity index (χ0v) is 12.4. The molecule has 2 N–H and O–H groups in total. The van der Waals surface area contributed by atoms with E-state index in [1.54, 1.807) is 6.07 Å².